The first-order valence-electron chi connectivity index (χ1n) is 12.5. The van der Waals surface area contributed by atoms with E-state index in [0.29, 0.717) is 12.2 Å². The minimum Gasteiger partial charge on any atom is -0.456 e. The lowest BCUT2D eigenvalue weighted by Gasteiger charge is -2.27. The Balaban J connectivity index is 1.98. The summed E-state index contributed by atoms with van der Waals surface area (Å²) in [7, 11) is 2.97. The molecular formula is C26H34N4O6S2. The summed E-state index contributed by atoms with van der Waals surface area (Å²) in [5.41, 5.74) is 0.825. The molecule has 0 saturated carbocycles. The molecule has 0 aromatic heterocycles. The zero-order valence-electron chi connectivity index (χ0n) is 21.4. The summed E-state index contributed by atoms with van der Waals surface area (Å²) in [6.07, 6.45) is 3.27. The molecule has 2 heterocycles. The number of rotatable bonds is 3. The van der Waals surface area contributed by atoms with Gasteiger partial charge in [0.25, 0.3) is 0 Å². The molecule has 3 rings (SSSR count). The topological polar surface area (TPSA) is 143 Å². The Morgan fingerprint density at radius 2 is 1.71 bits per heavy atom. The van der Waals surface area contributed by atoms with Crippen molar-refractivity contribution in [1.29, 1.82) is 0 Å². The van der Waals surface area contributed by atoms with Crippen LogP contribution in [0.3, 0.4) is 0 Å². The zero-order valence-corrected chi connectivity index (χ0v) is 23.1. The number of carbonyl (C=O) groups is 5. The first-order chi connectivity index (χ1) is 18.2. The average molecular weight is 563 g/mol. The van der Waals surface area contributed by atoms with Crippen molar-refractivity contribution in [1.82, 2.24) is 21.3 Å². The van der Waals surface area contributed by atoms with Crippen LogP contribution in [0.4, 0.5) is 0 Å². The molecular weight excluding hydrogens is 528 g/mol. The first-order valence-corrected chi connectivity index (χ1v) is 15.0. The fraction of sp³-hybridized carbons (Fsp3) is 0.500. The third kappa shape index (κ3) is 9.39. The van der Waals surface area contributed by atoms with Crippen LogP contribution in [0.2, 0.25) is 0 Å². The SMILES string of the molecule is CC(C)[C@H]1NC(=O)[C@H]2CSSCCC=C[C@H](CC(=O)N[C@H](Cc3ccccc3)C(=O)N2)OC(=O)CNC1=O. The van der Waals surface area contributed by atoms with Crippen molar-refractivity contribution < 1.29 is 28.7 Å². The minimum absolute atomic E-state index is 0.199. The van der Waals surface area contributed by atoms with Gasteiger partial charge in [0, 0.05) is 17.9 Å². The van der Waals surface area contributed by atoms with Gasteiger partial charge in [-0.15, -0.1) is 0 Å². The van der Waals surface area contributed by atoms with Crippen LogP contribution in [-0.4, -0.2) is 71.9 Å². The maximum Gasteiger partial charge on any atom is 0.326 e. The van der Waals surface area contributed by atoms with Gasteiger partial charge in [-0.05, 0) is 24.0 Å². The van der Waals surface area contributed by atoms with Crippen LogP contribution >= 0.6 is 21.6 Å². The second-order valence-electron chi connectivity index (χ2n) is 9.37. The highest BCUT2D eigenvalue weighted by molar-refractivity contribution is 8.76. The highest BCUT2D eigenvalue weighted by Gasteiger charge is 2.32. The van der Waals surface area contributed by atoms with Crippen LogP contribution in [0.15, 0.2) is 42.5 Å². The molecule has 2 aliphatic rings. The molecule has 4 amide bonds. The van der Waals surface area contributed by atoms with E-state index in [9.17, 15) is 24.0 Å². The first kappa shape index (κ1) is 29.6. The van der Waals surface area contributed by atoms with Crippen molar-refractivity contribution in [2.24, 2.45) is 5.92 Å². The third-order valence-corrected chi connectivity index (χ3v) is 8.37. The van der Waals surface area contributed by atoms with Crippen LogP contribution in [0.1, 0.15) is 32.3 Å². The Morgan fingerprint density at radius 3 is 2.45 bits per heavy atom. The number of amides is 4. The van der Waals surface area contributed by atoms with Crippen LogP contribution in [0.5, 0.6) is 0 Å². The molecule has 10 nitrogen and oxygen atoms in total. The number of benzene rings is 1. The van der Waals surface area contributed by atoms with Crippen molar-refractivity contribution in [3.05, 3.63) is 48.0 Å². The maximum atomic E-state index is 13.4. The summed E-state index contributed by atoms with van der Waals surface area (Å²) in [5, 5.41) is 10.8. The van der Waals surface area contributed by atoms with E-state index in [1.807, 2.05) is 36.4 Å². The Kier molecular flexibility index (Phi) is 11.5. The molecule has 206 valence electrons. The predicted octanol–water partition coefficient (Wildman–Crippen LogP) is 1.11. The van der Waals surface area contributed by atoms with Gasteiger partial charge in [-0.2, -0.15) is 0 Å². The second-order valence-corrected chi connectivity index (χ2v) is 12.0. The van der Waals surface area contributed by atoms with Gasteiger partial charge in [-0.1, -0.05) is 71.8 Å². The monoisotopic (exact) mass is 562 g/mol. The number of carbonyl (C=O) groups excluding carboxylic acids is 5. The summed E-state index contributed by atoms with van der Waals surface area (Å²) in [5.74, 6) is -2.10. The van der Waals surface area contributed by atoms with E-state index in [1.54, 1.807) is 19.9 Å². The van der Waals surface area contributed by atoms with Gasteiger partial charge >= 0.3 is 5.97 Å². The van der Waals surface area contributed by atoms with Crippen molar-refractivity contribution in [3.63, 3.8) is 0 Å². The molecule has 38 heavy (non-hydrogen) atoms. The fourth-order valence-corrected chi connectivity index (χ4v) is 6.06. The maximum absolute atomic E-state index is 13.4. The van der Waals surface area contributed by atoms with Crippen molar-refractivity contribution in [3.8, 4) is 0 Å². The highest BCUT2D eigenvalue weighted by Crippen LogP contribution is 2.23. The molecule has 1 saturated heterocycles. The van der Waals surface area contributed by atoms with E-state index in [2.05, 4.69) is 21.3 Å². The Bertz CT molecular complexity index is 1040. The molecule has 1 fully saturated rings. The molecule has 0 unspecified atom stereocenters. The van der Waals surface area contributed by atoms with Gasteiger partial charge in [0.05, 0.1) is 6.42 Å². The summed E-state index contributed by atoms with van der Waals surface area (Å²) in [4.78, 5) is 65.1. The molecule has 1 aromatic rings. The molecule has 2 bridgehead atoms. The van der Waals surface area contributed by atoms with Gasteiger partial charge in [-0.3, -0.25) is 24.0 Å². The summed E-state index contributed by atoms with van der Waals surface area (Å²) in [6, 6.07) is 6.36. The average Bonchev–Trinajstić information content (AvgIpc) is 2.88. The predicted molar refractivity (Wildman–Crippen MR) is 147 cm³/mol. The molecule has 0 spiro atoms. The van der Waals surface area contributed by atoms with Crippen LogP contribution in [-0.2, 0) is 35.1 Å². The lowest BCUT2D eigenvalue weighted by atomic mass is 10.0. The lowest BCUT2D eigenvalue weighted by molar-refractivity contribution is -0.148. The van der Waals surface area contributed by atoms with Gasteiger partial charge in [0.2, 0.25) is 23.6 Å². The number of hydrogen-bond donors (Lipinski definition) is 4. The van der Waals surface area contributed by atoms with Crippen molar-refractivity contribution in [2.45, 2.75) is 57.3 Å². The molecule has 0 radical (unpaired) electrons. The molecule has 1 aromatic carbocycles. The van der Waals surface area contributed by atoms with Gasteiger partial charge < -0.3 is 26.0 Å². The van der Waals surface area contributed by atoms with Gasteiger partial charge in [-0.25, -0.2) is 0 Å². The van der Waals surface area contributed by atoms with Crippen LogP contribution < -0.4 is 21.3 Å². The lowest BCUT2D eigenvalue weighted by Crippen LogP contribution is -2.59. The number of ether oxygens (including phenoxy) is 1. The normalized spacial score (nSPS) is 26.4. The zero-order chi connectivity index (χ0) is 27.5. The second kappa shape index (κ2) is 14.8. The van der Waals surface area contributed by atoms with Crippen LogP contribution in [0, 0.1) is 5.92 Å². The van der Waals surface area contributed by atoms with Gasteiger partial charge in [0.15, 0.2) is 0 Å². The molecule has 0 aliphatic carbocycles. The van der Waals surface area contributed by atoms with E-state index < -0.39 is 60.4 Å². The Labute approximate surface area is 230 Å². The van der Waals surface area contributed by atoms with E-state index in [4.69, 9.17) is 4.74 Å². The van der Waals surface area contributed by atoms with Crippen molar-refractivity contribution >= 4 is 51.2 Å². The quantitative estimate of drug-likeness (QED) is 0.244. The Hall–Kier alpha value is -2.99. The van der Waals surface area contributed by atoms with E-state index in [1.165, 1.54) is 21.6 Å². The van der Waals surface area contributed by atoms with E-state index in [-0.39, 0.29) is 24.5 Å². The number of hydrogen-bond acceptors (Lipinski definition) is 8. The highest BCUT2D eigenvalue weighted by atomic mass is 33.1. The number of allylic oxidation sites excluding steroid dienone is 1. The molecule has 4 atom stereocenters. The van der Waals surface area contributed by atoms with E-state index >= 15 is 0 Å². The molecule has 12 heteroatoms. The summed E-state index contributed by atoms with van der Waals surface area (Å²) >= 11 is 0. The van der Waals surface area contributed by atoms with Crippen molar-refractivity contribution in [2.75, 3.05) is 18.1 Å². The van der Waals surface area contributed by atoms with E-state index in [0.717, 1.165) is 5.56 Å². The third-order valence-electron chi connectivity index (χ3n) is 5.93. The Morgan fingerprint density at radius 1 is 0.947 bits per heavy atom. The standard InChI is InChI=1S/C26H34N4O6S2/c1-16(2)23-26(35)27-14-22(32)36-18-10-6-7-11-37-38-15-20(25(34)30-23)29-24(33)19(28-21(31)13-18)12-17-8-4-3-5-9-17/h3-6,8-10,16,18-20,23H,7,11-15H2,1-2H3,(H,27,35)(H,28,31)(H,29,33)(H,30,34)/t18-,19-,20-,23-/m1/s1. The van der Waals surface area contributed by atoms with Gasteiger partial charge in [0.1, 0.15) is 30.8 Å². The fourth-order valence-electron chi connectivity index (χ4n) is 3.91. The summed E-state index contributed by atoms with van der Waals surface area (Å²) < 4.78 is 5.48. The summed E-state index contributed by atoms with van der Waals surface area (Å²) in [6.45, 7) is 3.13. The molecule has 2 aliphatic heterocycles. The number of nitrogens with one attached hydrogen (secondary N) is 4. The largest absolute Gasteiger partial charge is 0.456 e. The number of fused-ring (bicyclic) bond motifs is 7. The smallest absolute Gasteiger partial charge is 0.326 e. The minimum atomic E-state index is -0.972. The number of esters is 1. The van der Waals surface area contributed by atoms with Crippen LogP contribution in [0.25, 0.3) is 0 Å². The molecule has 4 N–H and O–H groups in total.